The summed E-state index contributed by atoms with van der Waals surface area (Å²) in [6.07, 6.45) is 3.30. The van der Waals surface area contributed by atoms with Crippen molar-refractivity contribution in [3.63, 3.8) is 0 Å². The maximum absolute atomic E-state index is 5.99. The van der Waals surface area contributed by atoms with Gasteiger partial charge in [0, 0.05) is 10.6 Å². The van der Waals surface area contributed by atoms with Gasteiger partial charge in [-0.15, -0.1) is 0 Å². The summed E-state index contributed by atoms with van der Waals surface area (Å²) in [5.41, 5.74) is 5.93. The number of benzene rings is 1. The van der Waals surface area contributed by atoms with Crippen molar-refractivity contribution in [2.24, 2.45) is 5.84 Å². The minimum Gasteiger partial charge on any atom is -0.472 e. The molecule has 3 N–H and O–H groups in total. The number of halogens is 1. The topological polar surface area (TPSA) is 51.2 Å². The summed E-state index contributed by atoms with van der Waals surface area (Å²) in [5, 5.41) is 0.698. The number of furan rings is 1. The Morgan fingerprint density at radius 1 is 1.38 bits per heavy atom. The van der Waals surface area contributed by atoms with Crippen LogP contribution in [0.5, 0.6) is 0 Å². The van der Waals surface area contributed by atoms with Gasteiger partial charge < -0.3 is 4.42 Å². The van der Waals surface area contributed by atoms with Gasteiger partial charge in [-0.05, 0) is 36.2 Å². The average Bonchev–Trinajstić information content (AvgIpc) is 2.78. The van der Waals surface area contributed by atoms with E-state index in [0.717, 1.165) is 16.7 Å². The highest BCUT2D eigenvalue weighted by atomic mass is 35.5. The van der Waals surface area contributed by atoms with E-state index in [2.05, 4.69) is 5.43 Å². The van der Waals surface area contributed by atoms with Gasteiger partial charge in [0.25, 0.3) is 0 Å². The highest BCUT2D eigenvalue weighted by Gasteiger charge is 2.15. The monoisotopic (exact) mass is 236 g/mol. The fraction of sp³-hybridized carbons (Fsp3) is 0.167. The van der Waals surface area contributed by atoms with Crippen LogP contribution in [0.3, 0.4) is 0 Å². The third-order valence-corrected chi connectivity index (χ3v) is 2.83. The second kappa shape index (κ2) is 4.70. The molecule has 0 saturated carbocycles. The Balaban J connectivity index is 2.44. The van der Waals surface area contributed by atoms with Crippen LogP contribution < -0.4 is 11.3 Å². The van der Waals surface area contributed by atoms with E-state index in [1.807, 2.05) is 31.2 Å². The van der Waals surface area contributed by atoms with E-state index in [9.17, 15) is 0 Å². The molecule has 2 aromatic rings. The van der Waals surface area contributed by atoms with Crippen molar-refractivity contribution in [3.8, 4) is 0 Å². The van der Waals surface area contributed by atoms with Crippen molar-refractivity contribution in [2.45, 2.75) is 13.0 Å². The predicted molar refractivity (Wildman–Crippen MR) is 64.1 cm³/mol. The molecule has 0 fully saturated rings. The van der Waals surface area contributed by atoms with Gasteiger partial charge in [-0.3, -0.25) is 5.84 Å². The van der Waals surface area contributed by atoms with Gasteiger partial charge >= 0.3 is 0 Å². The van der Waals surface area contributed by atoms with Crippen LogP contribution in [0.1, 0.15) is 22.7 Å². The van der Waals surface area contributed by atoms with Crippen LogP contribution in [-0.4, -0.2) is 0 Å². The summed E-state index contributed by atoms with van der Waals surface area (Å²) in [7, 11) is 0. The molecule has 0 saturated heterocycles. The SMILES string of the molecule is Cc1ccc(Cl)cc1C(NN)c1ccoc1. The van der Waals surface area contributed by atoms with Crippen molar-refractivity contribution in [1.29, 1.82) is 0 Å². The Bertz CT molecular complexity index is 468. The van der Waals surface area contributed by atoms with E-state index in [1.54, 1.807) is 12.5 Å². The second-order valence-electron chi connectivity index (χ2n) is 3.66. The van der Waals surface area contributed by atoms with E-state index in [1.165, 1.54) is 0 Å². The van der Waals surface area contributed by atoms with Gasteiger partial charge in [0.05, 0.1) is 18.6 Å². The van der Waals surface area contributed by atoms with Crippen LogP contribution in [0.15, 0.2) is 41.2 Å². The number of hydrazine groups is 1. The van der Waals surface area contributed by atoms with Crippen LogP contribution in [-0.2, 0) is 0 Å². The minimum absolute atomic E-state index is 0.0996. The number of rotatable bonds is 3. The van der Waals surface area contributed by atoms with Crippen molar-refractivity contribution < 1.29 is 4.42 Å². The smallest absolute Gasteiger partial charge is 0.0954 e. The molecule has 1 atom stereocenters. The quantitative estimate of drug-likeness (QED) is 0.637. The van der Waals surface area contributed by atoms with Crippen molar-refractivity contribution in [2.75, 3.05) is 0 Å². The Morgan fingerprint density at radius 2 is 2.19 bits per heavy atom. The molecule has 1 aromatic heterocycles. The lowest BCUT2D eigenvalue weighted by molar-refractivity contribution is 0.553. The first-order chi connectivity index (χ1) is 7.72. The molecule has 0 aliphatic heterocycles. The lowest BCUT2D eigenvalue weighted by atomic mass is 9.97. The number of aryl methyl sites for hydroxylation is 1. The molecule has 0 aliphatic rings. The Labute approximate surface area is 99.2 Å². The first-order valence-electron chi connectivity index (χ1n) is 4.96. The lowest BCUT2D eigenvalue weighted by Gasteiger charge is -2.17. The summed E-state index contributed by atoms with van der Waals surface area (Å²) in [6, 6.07) is 7.53. The summed E-state index contributed by atoms with van der Waals surface area (Å²) in [4.78, 5) is 0. The highest BCUT2D eigenvalue weighted by Crippen LogP contribution is 2.26. The van der Waals surface area contributed by atoms with E-state index in [0.29, 0.717) is 5.02 Å². The summed E-state index contributed by atoms with van der Waals surface area (Å²) >= 11 is 5.99. The minimum atomic E-state index is -0.0996. The van der Waals surface area contributed by atoms with Gasteiger partial charge in [-0.1, -0.05) is 17.7 Å². The fourth-order valence-corrected chi connectivity index (χ4v) is 1.91. The second-order valence-corrected chi connectivity index (χ2v) is 4.09. The van der Waals surface area contributed by atoms with E-state index < -0.39 is 0 Å². The third-order valence-electron chi connectivity index (χ3n) is 2.60. The first-order valence-corrected chi connectivity index (χ1v) is 5.34. The standard InChI is InChI=1S/C12H13ClN2O/c1-8-2-3-10(13)6-11(8)12(15-14)9-4-5-16-7-9/h2-7,12,15H,14H2,1H3. The van der Waals surface area contributed by atoms with Crippen molar-refractivity contribution >= 4 is 11.6 Å². The van der Waals surface area contributed by atoms with Gasteiger partial charge in [0.15, 0.2) is 0 Å². The number of hydrogen-bond acceptors (Lipinski definition) is 3. The molecule has 3 nitrogen and oxygen atoms in total. The first kappa shape index (κ1) is 11.2. The Hall–Kier alpha value is -1.29. The molecule has 16 heavy (non-hydrogen) atoms. The van der Waals surface area contributed by atoms with Crippen molar-refractivity contribution in [1.82, 2.24) is 5.43 Å². The Morgan fingerprint density at radius 3 is 2.81 bits per heavy atom. The maximum atomic E-state index is 5.99. The molecule has 0 bridgehead atoms. The molecule has 0 aliphatic carbocycles. The normalized spacial score (nSPS) is 12.7. The number of nitrogens with two attached hydrogens (primary N) is 1. The zero-order valence-corrected chi connectivity index (χ0v) is 9.66. The van der Waals surface area contributed by atoms with E-state index >= 15 is 0 Å². The number of nitrogens with one attached hydrogen (secondary N) is 1. The van der Waals surface area contributed by atoms with Gasteiger partial charge in [-0.25, -0.2) is 5.43 Å². The summed E-state index contributed by atoms with van der Waals surface area (Å²) in [5.74, 6) is 5.58. The van der Waals surface area contributed by atoms with Gasteiger partial charge in [0.1, 0.15) is 0 Å². The molecule has 2 rings (SSSR count). The summed E-state index contributed by atoms with van der Waals surface area (Å²) in [6.45, 7) is 2.02. The zero-order chi connectivity index (χ0) is 11.5. The number of hydrogen-bond donors (Lipinski definition) is 2. The molecule has 84 valence electrons. The average molecular weight is 237 g/mol. The van der Waals surface area contributed by atoms with Gasteiger partial charge in [0.2, 0.25) is 0 Å². The lowest BCUT2D eigenvalue weighted by Crippen LogP contribution is -2.29. The van der Waals surface area contributed by atoms with E-state index in [4.69, 9.17) is 21.9 Å². The fourth-order valence-electron chi connectivity index (χ4n) is 1.73. The van der Waals surface area contributed by atoms with E-state index in [-0.39, 0.29) is 6.04 Å². The molecule has 1 unspecified atom stereocenters. The largest absolute Gasteiger partial charge is 0.472 e. The van der Waals surface area contributed by atoms with Crippen LogP contribution in [0.25, 0.3) is 0 Å². The molecule has 1 heterocycles. The third kappa shape index (κ3) is 2.11. The molecular weight excluding hydrogens is 224 g/mol. The zero-order valence-electron chi connectivity index (χ0n) is 8.91. The Kier molecular flexibility index (Phi) is 3.29. The van der Waals surface area contributed by atoms with Crippen LogP contribution in [0, 0.1) is 6.92 Å². The molecule has 4 heteroatoms. The molecule has 0 radical (unpaired) electrons. The maximum Gasteiger partial charge on any atom is 0.0954 e. The van der Waals surface area contributed by atoms with Crippen LogP contribution in [0.2, 0.25) is 5.02 Å². The summed E-state index contributed by atoms with van der Waals surface area (Å²) < 4.78 is 5.06. The molecular formula is C12H13ClN2O. The van der Waals surface area contributed by atoms with Crippen molar-refractivity contribution in [3.05, 3.63) is 58.5 Å². The highest BCUT2D eigenvalue weighted by molar-refractivity contribution is 6.30. The van der Waals surface area contributed by atoms with Gasteiger partial charge in [-0.2, -0.15) is 0 Å². The molecule has 1 aromatic carbocycles. The molecule has 0 spiro atoms. The predicted octanol–water partition coefficient (Wildman–Crippen LogP) is 2.79. The van der Waals surface area contributed by atoms with Crippen LogP contribution in [0.4, 0.5) is 0 Å². The molecule has 0 amide bonds. The van der Waals surface area contributed by atoms with Crippen LogP contribution >= 0.6 is 11.6 Å².